The third kappa shape index (κ3) is 3.45. The van der Waals surface area contributed by atoms with Gasteiger partial charge in [-0.1, -0.05) is 28.1 Å². The topological polar surface area (TPSA) is 52.6 Å². The molecule has 0 fully saturated rings. The van der Waals surface area contributed by atoms with Crippen LogP contribution in [0, 0.1) is 0 Å². The molecular weight excluding hydrogens is 324 g/mol. The molecule has 5 heteroatoms. The molecule has 0 amide bonds. The molecule has 0 saturated heterocycles. The minimum absolute atomic E-state index is 0.290. The summed E-state index contributed by atoms with van der Waals surface area (Å²) in [6.07, 6.45) is 0. The van der Waals surface area contributed by atoms with Gasteiger partial charge in [-0.2, -0.15) is 0 Å². The van der Waals surface area contributed by atoms with Gasteiger partial charge in [0, 0.05) is 4.47 Å². The average Bonchev–Trinajstić information content (AvgIpc) is 2.46. The van der Waals surface area contributed by atoms with Crippen molar-refractivity contribution in [2.75, 3.05) is 7.11 Å². The van der Waals surface area contributed by atoms with Gasteiger partial charge in [0.25, 0.3) is 0 Å². The van der Waals surface area contributed by atoms with Gasteiger partial charge in [0.05, 0.1) is 18.2 Å². The van der Waals surface area contributed by atoms with E-state index in [0.29, 0.717) is 11.1 Å². The van der Waals surface area contributed by atoms with Crippen LogP contribution in [-0.2, 0) is 4.74 Å². The van der Waals surface area contributed by atoms with Crippen molar-refractivity contribution in [2.45, 2.75) is 0 Å². The summed E-state index contributed by atoms with van der Waals surface area (Å²) in [7, 11) is 1.29. The molecule has 0 spiro atoms. The quantitative estimate of drug-likeness (QED) is 0.637. The van der Waals surface area contributed by atoms with Crippen LogP contribution < -0.4 is 4.74 Å². The van der Waals surface area contributed by atoms with Crippen molar-refractivity contribution in [2.24, 2.45) is 0 Å². The van der Waals surface area contributed by atoms with Crippen molar-refractivity contribution in [3.8, 4) is 5.75 Å². The fraction of sp³-hybridized carbons (Fsp3) is 0.0667. The third-order valence-corrected chi connectivity index (χ3v) is 3.02. The summed E-state index contributed by atoms with van der Waals surface area (Å²) in [5.74, 6) is -0.684. The van der Waals surface area contributed by atoms with Gasteiger partial charge in [0.2, 0.25) is 0 Å². The van der Waals surface area contributed by atoms with Crippen LogP contribution in [0.5, 0.6) is 5.75 Å². The van der Waals surface area contributed by atoms with E-state index >= 15 is 0 Å². The van der Waals surface area contributed by atoms with Crippen LogP contribution in [0.2, 0.25) is 0 Å². The molecule has 2 aromatic rings. The largest absolute Gasteiger partial charge is 0.465 e. The Morgan fingerprint density at radius 2 is 1.60 bits per heavy atom. The van der Waals surface area contributed by atoms with E-state index in [1.54, 1.807) is 36.4 Å². The number of hydrogen-bond acceptors (Lipinski definition) is 4. The second-order valence-corrected chi connectivity index (χ2v) is 4.83. The minimum atomic E-state index is -0.492. The Morgan fingerprint density at radius 1 is 0.950 bits per heavy atom. The van der Waals surface area contributed by atoms with Gasteiger partial charge in [-0.05, 0) is 36.4 Å². The number of carbonyl (C=O) groups excluding carboxylic acids is 2. The first kappa shape index (κ1) is 14.3. The zero-order valence-electron chi connectivity index (χ0n) is 10.6. The first-order valence-electron chi connectivity index (χ1n) is 5.76. The van der Waals surface area contributed by atoms with Crippen molar-refractivity contribution in [1.29, 1.82) is 0 Å². The zero-order chi connectivity index (χ0) is 14.5. The summed E-state index contributed by atoms with van der Waals surface area (Å²) in [4.78, 5) is 23.4. The van der Waals surface area contributed by atoms with E-state index in [0.717, 1.165) is 4.47 Å². The summed E-state index contributed by atoms with van der Waals surface area (Å²) in [6.45, 7) is 0. The molecule has 0 saturated carbocycles. The van der Waals surface area contributed by atoms with E-state index in [2.05, 4.69) is 20.7 Å². The molecule has 0 aromatic heterocycles. The maximum Gasteiger partial charge on any atom is 0.343 e. The smallest absolute Gasteiger partial charge is 0.343 e. The van der Waals surface area contributed by atoms with Crippen LogP contribution in [0.1, 0.15) is 20.7 Å². The molecular formula is C15H11BrO4. The number of methoxy groups -OCH3 is 1. The molecule has 4 nitrogen and oxygen atoms in total. The predicted octanol–water partition coefficient (Wildman–Crippen LogP) is 3.45. The second kappa shape index (κ2) is 6.34. The van der Waals surface area contributed by atoms with Crippen LogP contribution in [0.15, 0.2) is 53.0 Å². The van der Waals surface area contributed by atoms with Gasteiger partial charge < -0.3 is 9.47 Å². The first-order chi connectivity index (χ1) is 9.60. The lowest BCUT2D eigenvalue weighted by Crippen LogP contribution is -2.09. The maximum absolute atomic E-state index is 12.0. The molecule has 20 heavy (non-hydrogen) atoms. The lowest BCUT2D eigenvalue weighted by atomic mass is 10.2. The third-order valence-electron chi connectivity index (χ3n) is 2.53. The molecule has 0 heterocycles. The average molecular weight is 335 g/mol. The lowest BCUT2D eigenvalue weighted by Gasteiger charge is -2.06. The van der Waals surface area contributed by atoms with Crippen LogP contribution in [0.4, 0.5) is 0 Å². The Kier molecular flexibility index (Phi) is 4.53. The second-order valence-electron chi connectivity index (χ2n) is 3.92. The number of ether oxygens (including phenoxy) is 2. The van der Waals surface area contributed by atoms with E-state index in [1.807, 2.05) is 6.07 Å². The normalized spacial score (nSPS) is 9.90. The fourth-order valence-electron chi connectivity index (χ4n) is 1.59. The van der Waals surface area contributed by atoms with Crippen molar-refractivity contribution in [3.05, 3.63) is 64.1 Å². The monoisotopic (exact) mass is 334 g/mol. The molecule has 0 aliphatic carbocycles. The Hall–Kier alpha value is -2.14. The van der Waals surface area contributed by atoms with Gasteiger partial charge in [0.15, 0.2) is 0 Å². The molecule has 0 radical (unpaired) electrons. The molecule has 0 atom stereocenters. The SMILES string of the molecule is COC(=O)c1cccc(OC(=O)c2cccc(Br)c2)c1. The number of halogens is 1. The summed E-state index contributed by atoms with van der Waals surface area (Å²) >= 11 is 3.29. The van der Waals surface area contributed by atoms with E-state index in [1.165, 1.54) is 13.2 Å². The zero-order valence-corrected chi connectivity index (χ0v) is 12.2. The van der Waals surface area contributed by atoms with E-state index in [9.17, 15) is 9.59 Å². The highest BCUT2D eigenvalue weighted by atomic mass is 79.9. The van der Waals surface area contributed by atoms with E-state index < -0.39 is 11.9 Å². The Morgan fingerprint density at radius 3 is 2.25 bits per heavy atom. The number of rotatable bonds is 3. The highest BCUT2D eigenvalue weighted by molar-refractivity contribution is 9.10. The molecule has 0 bridgehead atoms. The Bertz CT molecular complexity index is 652. The molecule has 2 aromatic carbocycles. The van der Waals surface area contributed by atoms with Gasteiger partial charge in [-0.15, -0.1) is 0 Å². The molecule has 0 aliphatic heterocycles. The number of benzene rings is 2. The Balaban J connectivity index is 2.18. The maximum atomic E-state index is 12.0. The molecule has 102 valence electrons. The van der Waals surface area contributed by atoms with E-state index in [4.69, 9.17) is 4.74 Å². The number of hydrogen-bond donors (Lipinski definition) is 0. The number of esters is 2. The van der Waals surface area contributed by atoms with Crippen molar-refractivity contribution < 1.29 is 19.1 Å². The lowest BCUT2D eigenvalue weighted by molar-refractivity contribution is 0.0597. The summed E-state index contributed by atoms with van der Waals surface area (Å²) in [5, 5.41) is 0. The van der Waals surface area contributed by atoms with Gasteiger partial charge in [-0.25, -0.2) is 9.59 Å². The van der Waals surface area contributed by atoms with Crippen LogP contribution in [-0.4, -0.2) is 19.0 Å². The predicted molar refractivity (Wildman–Crippen MR) is 76.9 cm³/mol. The summed E-state index contributed by atoms with van der Waals surface area (Å²) in [5.41, 5.74) is 0.745. The summed E-state index contributed by atoms with van der Waals surface area (Å²) in [6, 6.07) is 13.1. The van der Waals surface area contributed by atoms with Crippen molar-refractivity contribution >= 4 is 27.9 Å². The minimum Gasteiger partial charge on any atom is -0.465 e. The standard InChI is InChI=1S/C15H11BrO4/c1-19-14(17)11-5-3-7-13(9-11)20-15(18)10-4-2-6-12(16)8-10/h2-9H,1H3. The van der Waals surface area contributed by atoms with Crippen molar-refractivity contribution in [3.63, 3.8) is 0 Å². The molecule has 0 N–H and O–H groups in total. The molecule has 2 rings (SSSR count). The van der Waals surface area contributed by atoms with Crippen molar-refractivity contribution in [1.82, 2.24) is 0 Å². The van der Waals surface area contributed by atoms with Crippen LogP contribution in [0.3, 0.4) is 0 Å². The van der Waals surface area contributed by atoms with Gasteiger partial charge in [0.1, 0.15) is 5.75 Å². The van der Waals surface area contributed by atoms with Crippen LogP contribution >= 0.6 is 15.9 Å². The first-order valence-corrected chi connectivity index (χ1v) is 6.55. The Labute approximate surface area is 124 Å². The fourth-order valence-corrected chi connectivity index (χ4v) is 1.99. The number of carbonyl (C=O) groups is 2. The van der Waals surface area contributed by atoms with Crippen LogP contribution in [0.25, 0.3) is 0 Å². The van der Waals surface area contributed by atoms with Gasteiger partial charge in [-0.3, -0.25) is 0 Å². The highest BCUT2D eigenvalue weighted by Gasteiger charge is 2.11. The van der Waals surface area contributed by atoms with E-state index in [-0.39, 0.29) is 5.75 Å². The highest BCUT2D eigenvalue weighted by Crippen LogP contribution is 2.17. The molecule has 0 aliphatic rings. The summed E-state index contributed by atoms with van der Waals surface area (Å²) < 4.78 is 10.6. The van der Waals surface area contributed by atoms with Gasteiger partial charge >= 0.3 is 11.9 Å². The molecule has 0 unspecified atom stereocenters.